The second kappa shape index (κ2) is 7.18. The molecule has 0 aromatic heterocycles. The Hall–Kier alpha value is 1.06. The Morgan fingerprint density at radius 2 is 0.778 bits per heavy atom. The van der Waals surface area contributed by atoms with E-state index in [-0.39, 0.29) is 0 Å². The summed E-state index contributed by atoms with van der Waals surface area (Å²) in [5.74, 6) is 0. The van der Waals surface area contributed by atoms with Crippen molar-refractivity contribution < 1.29 is 0 Å². The van der Waals surface area contributed by atoms with Gasteiger partial charge in [0.15, 0.2) is 0 Å². The summed E-state index contributed by atoms with van der Waals surface area (Å²) >= 11 is -3.82. The van der Waals surface area contributed by atoms with Gasteiger partial charge in [-0.15, -0.1) is 0 Å². The summed E-state index contributed by atoms with van der Waals surface area (Å²) in [6, 6.07) is 16.1. The first kappa shape index (κ1) is 15.4. The van der Waals surface area contributed by atoms with Gasteiger partial charge >= 0.3 is 138 Å². The van der Waals surface area contributed by atoms with Gasteiger partial charge in [-0.05, 0) is 0 Å². The molecule has 0 aliphatic heterocycles. The summed E-state index contributed by atoms with van der Waals surface area (Å²) in [7, 11) is 23.8. The summed E-state index contributed by atoms with van der Waals surface area (Å²) < 4.78 is 2.11. The van der Waals surface area contributed by atoms with Crippen molar-refractivity contribution in [1.82, 2.24) is 0 Å². The van der Waals surface area contributed by atoms with Crippen molar-refractivity contribution in [3.8, 4) is 11.1 Å². The zero-order valence-corrected chi connectivity index (χ0v) is 16.2. The van der Waals surface area contributed by atoms with E-state index >= 15 is 0 Å². The molecule has 0 saturated carbocycles. The van der Waals surface area contributed by atoms with E-state index in [1.165, 1.54) is 0 Å². The maximum absolute atomic E-state index is 5.96. The van der Waals surface area contributed by atoms with E-state index < -0.39 is 35.1 Å². The summed E-state index contributed by atoms with van der Waals surface area (Å²) in [4.78, 5) is 0. The minimum absolute atomic E-state index is 1.05. The average molecular weight is 548 g/mol. The van der Waals surface area contributed by atoms with Crippen LogP contribution in [0, 0.1) is 7.14 Å². The monoisotopic (exact) mass is 546 g/mol. The number of hydrogen-bond acceptors (Lipinski definition) is 0. The van der Waals surface area contributed by atoms with Crippen molar-refractivity contribution >= 4 is 70.8 Å². The molecule has 0 radical (unpaired) electrons. The van der Waals surface area contributed by atoms with Crippen LogP contribution in [0.2, 0.25) is 0 Å². The topological polar surface area (TPSA) is 0 Å². The second-order valence-corrected chi connectivity index (χ2v) is 17.8. The van der Waals surface area contributed by atoms with E-state index in [2.05, 4.69) is 0 Å². The summed E-state index contributed by atoms with van der Waals surface area (Å²) in [5.41, 5.74) is 2.28. The molecule has 2 aromatic carbocycles. The molecule has 2 rings (SSSR count). The quantitative estimate of drug-likeness (QED) is 0.353. The van der Waals surface area contributed by atoms with Crippen molar-refractivity contribution in [2.45, 2.75) is 0 Å². The van der Waals surface area contributed by atoms with Crippen LogP contribution in [0.5, 0.6) is 0 Å². The molecule has 2 aromatic rings. The SMILES string of the molecule is ClI(Cl)c1ccc(-c2ccc(I(Cl)Cl)cc2)cc1. The Bertz CT molecular complexity index is 459. The molecule has 0 N–H and O–H groups in total. The third kappa shape index (κ3) is 4.03. The van der Waals surface area contributed by atoms with E-state index in [0.29, 0.717) is 0 Å². The molecule has 0 fully saturated rings. The normalized spacial score (nSPS) is 12.2. The molecule has 98 valence electrons. The van der Waals surface area contributed by atoms with Gasteiger partial charge in [0, 0.05) is 0 Å². The number of rotatable bonds is 3. The fraction of sp³-hybridized carbons (Fsp3) is 0. The summed E-state index contributed by atoms with van der Waals surface area (Å²) in [6.45, 7) is 0. The molecule has 0 spiro atoms. The molecule has 0 aliphatic carbocycles. The maximum atomic E-state index is 5.96. The van der Waals surface area contributed by atoms with Crippen molar-refractivity contribution in [3.05, 3.63) is 55.7 Å². The fourth-order valence-electron chi connectivity index (χ4n) is 1.48. The molecule has 0 heterocycles. The minimum atomic E-state index is -1.91. The van der Waals surface area contributed by atoms with Crippen LogP contribution >= 0.6 is 70.8 Å². The van der Waals surface area contributed by atoms with Crippen molar-refractivity contribution in [1.29, 1.82) is 0 Å². The molecular weight excluding hydrogens is 540 g/mol. The molecule has 6 heteroatoms. The van der Waals surface area contributed by atoms with Crippen LogP contribution in [0.15, 0.2) is 48.5 Å². The van der Waals surface area contributed by atoms with Crippen molar-refractivity contribution in [2.75, 3.05) is 0 Å². The van der Waals surface area contributed by atoms with Gasteiger partial charge in [0.2, 0.25) is 0 Å². The molecule has 0 bridgehead atoms. The molecule has 0 saturated heterocycles. The molecular formula is C12H8Cl4I2. The van der Waals surface area contributed by atoms with Gasteiger partial charge in [-0.3, -0.25) is 0 Å². The Morgan fingerprint density at radius 3 is 1.00 bits per heavy atom. The predicted octanol–water partition coefficient (Wildman–Crippen LogP) is 7.32. The molecule has 18 heavy (non-hydrogen) atoms. The van der Waals surface area contributed by atoms with Gasteiger partial charge in [0.25, 0.3) is 0 Å². The zero-order chi connectivity index (χ0) is 13.1. The van der Waals surface area contributed by atoms with Crippen LogP contribution in [0.25, 0.3) is 11.1 Å². The van der Waals surface area contributed by atoms with Crippen LogP contribution in [0.4, 0.5) is 0 Å². The van der Waals surface area contributed by atoms with Gasteiger partial charge in [-0.25, -0.2) is 0 Å². The third-order valence-electron chi connectivity index (χ3n) is 2.35. The Labute approximate surface area is 136 Å². The number of hydrogen-bond donors (Lipinski definition) is 0. The Balaban J connectivity index is 2.25. The first-order valence-corrected chi connectivity index (χ1v) is 17.9. The fourth-order valence-corrected chi connectivity index (χ4v) is 5.84. The zero-order valence-electron chi connectivity index (χ0n) is 8.89. The summed E-state index contributed by atoms with van der Waals surface area (Å²) in [5, 5.41) is 0. The molecule has 0 amide bonds. The van der Waals surface area contributed by atoms with Gasteiger partial charge in [-0.2, -0.15) is 0 Å². The van der Waals surface area contributed by atoms with Crippen LogP contribution in [-0.4, -0.2) is 0 Å². The van der Waals surface area contributed by atoms with Crippen LogP contribution < -0.4 is 0 Å². The molecule has 0 aliphatic rings. The van der Waals surface area contributed by atoms with E-state index in [9.17, 15) is 0 Å². The van der Waals surface area contributed by atoms with Crippen molar-refractivity contribution in [2.24, 2.45) is 0 Å². The van der Waals surface area contributed by atoms with E-state index in [4.69, 9.17) is 35.6 Å². The van der Waals surface area contributed by atoms with E-state index in [0.717, 1.165) is 18.3 Å². The van der Waals surface area contributed by atoms with Crippen LogP contribution in [0.1, 0.15) is 0 Å². The third-order valence-corrected chi connectivity index (χ3v) is 10.1. The van der Waals surface area contributed by atoms with Crippen LogP contribution in [-0.2, 0) is 0 Å². The number of halogens is 6. The Morgan fingerprint density at radius 1 is 0.500 bits per heavy atom. The standard InChI is InChI=1S/C12H8Cl4I2/c13-17(14)11-5-1-9(2-6-11)10-3-7-12(8-4-10)18(15)16/h1-8H. The van der Waals surface area contributed by atoms with Crippen LogP contribution in [0.3, 0.4) is 0 Å². The van der Waals surface area contributed by atoms with Gasteiger partial charge in [0.1, 0.15) is 0 Å². The predicted molar refractivity (Wildman–Crippen MR) is 101 cm³/mol. The molecule has 0 atom stereocenters. The van der Waals surface area contributed by atoms with Gasteiger partial charge in [0.05, 0.1) is 0 Å². The Kier molecular flexibility index (Phi) is 6.16. The first-order chi connectivity index (χ1) is 8.58. The van der Waals surface area contributed by atoms with E-state index in [1.807, 2.05) is 48.5 Å². The molecule has 0 unspecified atom stereocenters. The average Bonchev–Trinajstić information content (AvgIpc) is 2.39. The van der Waals surface area contributed by atoms with Gasteiger partial charge < -0.3 is 0 Å². The first-order valence-electron chi connectivity index (χ1n) is 4.84. The number of benzene rings is 2. The summed E-state index contributed by atoms with van der Waals surface area (Å²) in [6.07, 6.45) is 0. The second-order valence-electron chi connectivity index (χ2n) is 3.41. The van der Waals surface area contributed by atoms with Crippen molar-refractivity contribution in [3.63, 3.8) is 0 Å². The van der Waals surface area contributed by atoms with Gasteiger partial charge in [-0.1, -0.05) is 0 Å². The molecule has 0 nitrogen and oxygen atoms in total. The van der Waals surface area contributed by atoms with E-state index in [1.54, 1.807) is 0 Å².